The Bertz CT molecular complexity index is 939. The molecule has 0 aliphatic heterocycles. The van der Waals surface area contributed by atoms with Crippen LogP contribution in [0.4, 0.5) is 0 Å². The molecule has 114 valence electrons. The van der Waals surface area contributed by atoms with Crippen LogP contribution in [-0.4, -0.2) is 9.55 Å². The summed E-state index contributed by atoms with van der Waals surface area (Å²) in [5.74, 6) is 0.705. The van der Waals surface area contributed by atoms with Crippen LogP contribution in [0.2, 0.25) is 0 Å². The van der Waals surface area contributed by atoms with Gasteiger partial charge in [0.25, 0.3) is 5.56 Å². The van der Waals surface area contributed by atoms with E-state index in [1.807, 2.05) is 43.3 Å². The highest BCUT2D eigenvalue weighted by Gasteiger charge is 2.10. The monoisotopic (exact) mass is 321 g/mol. The number of benzene rings is 2. The number of hydrogen-bond acceptors (Lipinski definition) is 4. The summed E-state index contributed by atoms with van der Waals surface area (Å²) in [6, 6.07) is 17.0. The van der Waals surface area contributed by atoms with Gasteiger partial charge in [-0.15, -0.1) is 0 Å². The van der Waals surface area contributed by atoms with Gasteiger partial charge in [0.2, 0.25) is 0 Å². The standard InChI is InChI=1S/C18H15N3OS/c1-2-21-17(22)15-5-3-4-6-16(15)20-18(21)23-12-14-9-7-13(11-19)8-10-14/h3-10H,2,12H2,1H3. The number of aromatic nitrogens is 2. The first kappa shape index (κ1) is 15.3. The molecule has 0 unspecified atom stereocenters. The van der Waals surface area contributed by atoms with Crippen molar-refractivity contribution in [3.8, 4) is 6.07 Å². The molecule has 0 saturated heterocycles. The van der Waals surface area contributed by atoms with Gasteiger partial charge in [0.15, 0.2) is 5.16 Å². The summed E-state index contributed by atoms with van der Waals surface area (Å²) in [5.41, 5.74) is 2.47. The fourth-order valence-corrected chi connectivity index (χ4v) is 3.38. The third kappa shape index (κ3) is 3.13. The molecule has 0 amide bonds. The number of thioether (sulfide) groups is 1. The second-order valence-electron chi connectivity index (χ2n) is 5.06. The molecule has 0 aliphatic carbocycles. The second kappa shape index (κ2) is 6.67. The number of fused-ring (bicyclic) bond motifs is 1. The third-order valence-electron chi connectivity index (χ3n) is 3.59. The zero-order valence-electron chi connectivity index (χ0n) is 12.7. The van der Waals surface area contributed by atoms with Gasteiger partial charge in [-0.05, 0) is 36.8 Å². The first-order valence-electron chi connectivity index (χ1n) is 7.34. The van der Waals surface area contributed by atoms with Crippen LogP contribution in [-0.2, 0) is 12.3 Å². The topological polar surface area (TPSA) is 58.7 Å². The van der Waals surface area contributed by atoms with E-state index in [9.17, 15) is 4.79 Å². The van der Waals surface area contributed by atoms with Crippen molar-refractivity contribution < 1.29 is 0 Å². The average molecular weight is 321 g/mol. The number of nitriles is 1. The molecule has 0 atom stereocenters. The summed E-state index contributed by atoms with van der Waals surface area (Å²) < 4.78 is 1.71. The number of nitrogens with zero attached hydrogens (tertiary/aromatic N) is 3. The van der Waals surface area contributed by atoms with Gasteiger partial charge in [0.05, 0.1) is 22.5 Å². The van der Waals surface area contributed by atoms with Gasteiger partial charge in [0.1, 0.15) is 0 Å². The molecule has 2 aromatic carbocycles. The maximum absolute atomic E-state index is 12.5. The molecule has 0 bridgehead atoms. The van der Waals surface area contributed by atoms with E-state index in [1.54, 1.807) is 16.7 Å². The molecular weight excluding hydrogens is 306 g/mol. The highest BCUT2D eigenvalue weighted by atomic mass is 32.2. The number of hydrogen-bond donors (Lipinski definition) is 0. The predicted octanol–water partition coefficient (Wildman–Crippen LogP) is 3.58. The lowest BCUT2D eigenvalue weighted by Gasteiger charge is -2.11. The summed E-state index contributed by atoms with van der Waals surface area (Å²) in [6.45, 7) is 2.54. The molecule has 4 nitrogen and oxygen atoms in total. The summed E-state index contributed by atoms with van der Waals surface area (Å²) in [7, 11) is 0. The van der Waals surface area contributed by atoms with Crippen molar-refractivity contribution in [2.75, 3.05) is 0 Å². The van der Waals surface area contributed by atoms with E-state index in [2.05, 4.69) is 11.1 Å². The Balaban J connectivity index is 1.92. The molecule has 0 fully saturated rings. The lowest BCUT2D eigenvalue weighted by atomic mass is 10.2. The van der Waals surface area contributed by atoms with Gasteiger partial charge in [-0.25, -0.2) is 4.98 Å². The van der Waals surface area contributed by atoms with E-state index in [-0.39, 0.29) is 5.56 Å². The van der Waals surface area contributed by atoms with Crippen LogP contribution in [0, 0.1) is 11.3 Å². The minimum Gasteiger partial charge on any atom is -0.287 e. The highest BCUT2D eigenvalue weighted by molar-refractivity contribution is 7.98. The molecule has 0 spiro atoms. The fraction of sp³-hybridized carbons (Fsp3) is 0.167. The Kier molecular flexibility index (Phi) is 4.45. The smallest absolute Gasteiger partial charge is 0.262 e. The fourth-order valence-electron chi connectivity index (χ4n) is 2.36. The summed E-state index contributed by atoms with van der Waals surface area (Å²) in [4.78, 5) is 17.2. The summed E-state index contributed by atoms with van der Waals surface area (Å²) >= 11 is 1.54. The van der Waals surface area contributed by atoms with Crippen LogP contribution in [0.5, 0.6) is 0 Å². The molecule has 5 heteroatoms. The van der Waals surface area contributed by atoms with Gasteiger partial charge in [0, 0.05) is 12.3 Å². The molecule has 3 aromatic rings. The molecule has 0 aliphatic rings. The maximum atomic E-state index is 12.5. The quantitative estimate of drug-likeness (QED) is 0.544. The third-order valence-corrected chi connectivity index (χ3v) is 4.64. The van der Waals surface area contributed by atoms with Crippen molar-refractivity contribution in [3.05, 3.63) is 70.0 Å². The van der Waals surface area contributed by atoms with Crippen molar-refractivity contribution in [3.63, 3.8) is 0 Å². The summed E-state index contributed by atoms with van der Waals surface area (Å²) in [5, 5.41) is 10.2. The lowest BCUT2D eigenvalue weighted by molar-refractivity contribution is 0.634. The predicted molar refractivity (Wildman–Crippen MR) is 92.4 cm³/mol. The molecule has 23 heavy (non-hydrogen) atoms. The highest BCUT2D eigenvalue weighted by Crippen LogP contribution is 2.22. The Morgan fingerprint density at radius 2 is 1.91 bits per heavy atom. The van der Waals surface area contributed by atoms with Crippen LogP contribution in [0.3, 0.4) is 0 Å². The van der Waals surface area contributed by atoms with Gasteiger partial charge >= 0.3 is 0 Å². The number of rotatable bonds is 4. The zero-order valence-corrected chi connectivity index (χ0v) is 13.5. The van der Waals surface area contributed by atoms with Gasteiger partial charge in [-0.2, -0.15) is 5.26 Å². The minimum atomic E-state index is 0.000397. The van der Waals surface area contributed by atoms with Gasteiger partial charge in [-0.3, -0.25) is 9.36 Å². The van der Waals surface area contributed by atoms with E-state index in [4.69, 9.17) is 5.26 Å². The van der Waals surface area contributed by atoms with Crippen molar-refractivity contribution in [2.24, 2.45) is 0 Å². The van der Waals surface area contributed by atoms with E-state index in [1.165, 1.54) is 11.8 Å². The first-order valence-corrected chi connectivity index (χ1v) is 8.33. The van der Waals surface area contributed by atoms with Crippen molar-refractivity contribution >= 4 is 22.7 Å². The van der Waals surface area contributed by atoms with Crippen molar-refractivity contribution in [1.82, 2.24) is 9.55 Å². The van der Waals surface area contributed by atoms with Crippen LogP contribution in [0.25, 0.3) is 10.9 Å². The minimum absolute atomic E-state index is 0.000397. The van der Waals surface area contributed by atoms with Crippen LogP contribution >= 0.6 is 11.8 Å². The van der Waals surface area contributed by atoms with E-state index >= 15 is 0 Å². The van der Waals surface area contributed by atoms with Gasteiger partial charge in [-0.1, -0.05) is 36.0 Å². The first-order chi connectivity index (χ1) is 11.2. The Labute approximate surface area is 138 Å². The molecule has 1 heterocycles. The van der Waals surface area contributed by atoms with Crippen LogP contribution in [0.15, 0.2) is 58.5 Å². The second-order valence-corrected chi connectivity index (χ2v) is 6.00. The molecule has 3 rings (SSSR count). The van der Waals surface area contributed by atoms with Gasteiger partial charge < -0.3 is 0 Å². The Hall–Kier alpha value is -2.58. The molecule has 0 saturated carbocycles. The van der Waals surface area contributed by atoms with Crippen molar-refractivity contribution in [1.29, 1.82) is 5.26 Å². The normalized spacial score (nSPS) is 10.6. The maximum Gasteiger partial charge on any atom is 0.262 e. The van der Waals surface area contributed by atoms with Crippen LogP contribution < -0.4 is 5.56 Å². The molecule has 1 aromatic heterocycles. The molecular formula is C18H15N3OS. The average Bonchev–Trinajstić information content (AvgIpc) is 2.60. The summed E-state index contributed by atoms with van der Waals surface area (Å²) in [6.07, 6.45) is 0. The number of para-hydroxylation sites is 1. The molecule has 0 N–H and O–H groups in total. The van der Waals surface area contributed by atoms with E-state index < -0.39 is 0 Å². The van der Waals surface area contributed by atoms with E-state index in [0.29, 0.717) is 23.2 Å². The Morgan fingerprint density at radius 1 is 1.17 bits per heavy atom. The van der Waals surface area contributed by atoms with Crippen molar-refractivity contribution in [2.45, 2.75) is 24.4 Å². The Morgan fingerprint density at radius 3 is 2.61 bits per heavy atom. The SMILES string of the molecule is CCn1c(SCc2ccc(C#N)cc2)nc2ccccc2c1=O. The largest absolute Gasteiger partial charge is 0.287 e. The van der Waals surface area contributed by atoms with Crippen LogP contribution in [0.1, 0.15) is 18.1 Å². The lowest BCUT2D eigenvalue weighted by Crippen LogP contribution is -2.22. The molecule has 0 radical (unpaired) electrons. The zero-order chi connectivity index (χ0) is 16.2. The van der Waals surface area contributed by atoms with E-state index in [0.717, 1.165) is 16.2 Å².